The second kappa shape index (κ2) is 6.66. The molecule has 0 bridgehead atoms. The quantitative estimate of drug-likeness (QED) is 0.532. The molecule has 0 fully saturated rings. The molecule has 0 unspecified atom stereocenters. The van der Waals surface area contributed by atoms with Gasteiger partial charge in [0.15, 0.2) is 3.79 Å². The molecule has 1 aromatic heterocycles. The molecule has 4 heteroatoms. The fourth-order valence-electron chi connectivity index (χ4n) is 2.88. The van der Waals surface area contributed by atoms with Crippen LogP contribution in [0.15, 0.2) is 48.3 Å². The molecule has 1 heterocycles. The van der Waals surface area contributed by atoms with Crippen LogP contribution in [0.5, 0.6) is 5.75 Å². The van der Waals surface area contributed by atoms with Crippen molar-refractivity contribution in [3.8, 4) is 5.75 Å². The molecule has 1 aliphatic rings. The first-order valence-electron chi connectivity index (χ1n) is 7.29. The number of nitrogens with zero attached hydrogens (tertiary/aromatic N) is 1. The van der Waals surface area contributed by atoms with Crippen molar-refractivity contribution >= 4 is 43.6 Å². The van der Waals surface area contributed by atoms with Crippen molar-refractivity contribution in [2.45, 2.75) is 13.3 Å². The molecular formula is C19H16INO2. The van der Waals surface area contributed by atoms with Crippen molar-refractivity contribution in [1.82, 2.24) is 4.98 Å². The number of aromatic nitrogens is 1. The van der Waals surface area contributed by atoms with Crippen molar-refractivity contribution in [3.63, 3.8) is 0 Å². The number of hydrogen-bond acceptors (Lipinski definition) is 3. The van der Waals surface area contributed by atoms with Gasteiger partial charge in [0, 0.05) is 18.8 Å². The monoisotopic (exact) mass is 417 g/mol. The molecule has 0 amide bonds. The first-order valence-corrected chi connectivity index (χ1v) is 8.37. The van der Waals surface area contributed by atoms with E-state index in [9.17, 15) is 4.79 Å². The Labute approximate surface area is 149 Å². The van der Waals surface area contributed by atoms with Gasteiger partial charge in [-0.15, -0.1) is 0 Å². The lowest BCUT2D eigenvalue weighted by Crippen LogP contribution is -1.92. The second-order valence-corrected chi connectivity index (χ2v) is 6.59. The number of methoxy groups -OCH3 is 1. The van der Waals surface area contributed by atoms with Crippen molar-refractivity contribution in [1.29, 1.82) is 0 Å². The standard InChI is InChI=1S/C19H16INO2/c1-12-16(9-13-5-7-21-8-6-13)15-4-3-14(23-2)10-18(15)17(12)11-19(20)22/h3-10H,11H2,1-2H3/b16-9-. The SMILES string of the molecule is COc1ccc2c(c1)C(CC(=O)I)=C(C)/C2=C/c1ccncc1. The summed E-state index contributed by atoms with van der Waals surface area (Å²) in [5.41, 5.74) is 6.72. The lowest BCUT2D eigenvalue weighted by molar-refractivity contribution is -0.108. The van der Waals surface area contributed by atoms with E-state index in [0.717, 1.165) is 39.2 Å². The van der Waals surface area contributed by atoms with E-state index in [1.54, 1.807) is 19.5 Å². The van der Waals surface area contributed by atoms with Crippen molar-refractivity contribution < 1.29 is 9.53 Å². The van der Waals surface area contributed by atoms with Gasteiger partial charge in [0.1, 0.15) is 5.75 Å². The molecule has 2 aromatic rings. The number of rotatable bonds is 4. The molecule has 0 atom stereocenters. The van der Waals surface area contributed by atoms with Gasteiger partial charge in [-0.3, -0.25) is 9.78 Å². The van der Waals surface area contributed by atoms with Gasteiger partial charge in [0.2, 0.25) is 0 Å². The molecule has 3 nitrogen and oxygen atoms in total. The summed E-state index contributed by atoms with van der Waals surface area (Å²) in [5.74, 6) is 0.806. The van der Waals surface area contributed by atoms with E-state index < -0.39 is 0 Å². The number of pyridine rings is 1. The molecule has 0 aliphatic heterocycles. The zero-order valence-electron chi connectivity index (χ0n) is 13.0. The number of carbonyl (C=O) groups excluding carboxylic acids is 1. The van der Waals surface area contributed by atoms with E-state index in [1.165, 1.54) is 0 Å². The smallest absolute Gasteiger partial charge is 0.196 e. The van der Waals surface area contributed by atoms with E-state index in [1.807, 2.05) is 46.9 Å². The summed E-state index contributed by atoms with van der Waals surface area (Å²) < 4.78 is 5.48. The average molecular weight is 417 g/mol. The highest BCUT2D eigenvalue weighted by atomic mass is 127. The fraction of sp³-hybridized carbons (Fsp3) is 0.158. The minimum Gasteiger partial charge on any atom is -0.497 e. The van der Waals surface area contributed by atoms with Crippen molar-refractivity contribution in [2.24, 2.45) is 0 Å². The first kappa shape index (κ1) is 15.9. The van der Waals surface area contributed by atoms with Gasteiger partial charge >= 0.3 is 0 Å². The minimum absolute atomic E-state index is 0.135. The number of halogens is 1. The Morgan fingerprint density at radius 2 is 1.96 bits per heavy atom. The maximum absolute atomic E-state index is 11.7. The Bertz CT molecular complexity index is 823. The highest BCUT2D eigenvalue weighted by molar-refractivity contribution is 14.1. The topological polar surface area (TPSA) is 39.2 Å². The van der Waals surface area contributed by atoms with Gasteiger partial charge in [0.05, 0.1) is 7.11 Å². The molecule has 1 aromatic carbocycles. The zero-order chi connectivity index (χ0) is 16.4. The number of benzene rings is 1. The molecule has 3 rings (SSSR count). The van der Waals surface area contributed by atoms with E-state index >= 15 is 0 Å². The molecule has 0 saturated carbocycles. The average Bonchev–Trinajstić information content (AvgIpc) is 2.80. The summed E-state index contributed by atoms with van der Waals surface area (Å²) in [6, 6.07) is 9.99. The number of ether oxygens (including phenoxy) is 1. The zero-order valence-corrected chi connectivity index (χ0v) is 15.1. The summed E-state index contributed by atoms with van der Waals surface area (Å²) in [5, 5.41) is 0. The number of allylic oxidation sites excluding steroid dienone is 3. The predicted octanol–water partition coefficient (Wildman–Crippen LogP) is 4.77. The third kappa shape index (κ3) is 3.22. The molecule has 23 heavy (non-hydrogen) atoms. The van der Waals surface area contributed by atoms with Crippen LogP contribution in [-0.2, 0) is 4.79 Å². The van der Waals surface area contributed by atoms with Gasteiger partial charge in [-0.05, 0) is 93.3 Å². The van der Waals surface area contributed by atoms with Gasteiger partial charge in [0.25, 0.3) is 0 Å². The first-order chi connectivity index (χ1) is 11.1. The second-order valence-electron chi connectivity index (χ2n) is 5.39. The number of hydrogen-bond donors (Lipinski definition) is 0. The third-order valence-corrected chi connectivity index (χ3v) is 4.41. The molecule has 0 saturated heterocycles. The van der Waals surface area contributed by atoms with Crippen LogP contribution in [0.2, 0.25) is 0 Å². The van der Waals surface area contributed by atoms with Crippen LogP contribution in [0.25, 0.3) is 17.2 Å². The highest BCUT2D eigenvalue weighted by Crippen LogP contribution is 2.45. The van der Waals surface area contributed by atoms with Crippen LogP contribution in [0.3, 0.4) is 0 Å². The highest BCUT2D eigenvalue weighted by Gasteiger charge is 2.25. The summed E-state index contributed by atoms with van der Waals surface area (Å²) in [6.45, 7) is 2.08. The molecule has 116 valence electrons. The van der Waals surface area contributed by atoms with Crippen LogP contribution in [0.1, 0.15) is 30.0 Å². The predicted molar refractivity (Wildman–Crippen MR) is 101 cm³/mol. The van der Waals surface area contributed by atoms with Crippen molar-refractivity contribution in [3.05, 3.63) is 65.0 Å². The van der Waals surface area contributed by atoms with Gasteiger partial charge in [-0.1, -0.05) is 6.07 Å². The van der Waals surface area contributed by atoms with Crippen LogP contribution in [0, 0.1) is 0 Å². The molecule has 0 spiro atoms. The third-order valence-electron chi connectivity index (χ3n) is 4.03. The van der Waals surface area contributed by atoms with Crippen LogP contribution in [0.4, 0.5) is 0 Å². The van der Waals surface area contributed by atoms with E-state index in [0.29, 0.717) is 6.42 Å². The Morgan fingerprint density at radius 1 is 1.22 bits per heavy atom. The minimum atomic E-state index is 0.135. The summed E-state index contributed by atoms with van der Waals surface area (Å²) in [6.07, 6.45) is 6.14. The van der Waals surface area contributed by atoms with Crippen molar-refractivity contribution in [2.75, 3.05) is 7.11 Å². The van der Waals surface area contributed by atoms with E-state index in [-0.39, 0.29) is 3.79 Å². The molecule has 0 radical (unpaired) electrons. The van der Waals surface area contributed by atoms with E-state index in [4.69, 9.17) is 4.74 Å². The maximum atomic E-state index is 11.7. The largest absolute Gasteiger partial charge is 0.497 e. The fourth-order valence-corrected chi connectivity index (χ4v) is 3.26. The lowest BCUT2D eigenvalue weighted by atomic mass is 10.0. The molecule has 1 aliphatic carbocycles. The van der Waals surface area contributed by atoms with Gasteiger partial charge in [-0.2, -0.15) is 0 Å². The number of fused-ring (bicyclic) bond motifs is 1. The van der Waals surface area contributed by atoms with Gasteiger partial charge in [-0.25, -0.2) is 0 Å². The van der Waals surface area contributed by atoms with Crippen LogP contribution < -0.4 is 4.74 Å². The summed E-state index contributed by atoms with van der Waals surface area (Å²) in [4.78, 5) is 15.7. The Kier molecular flexibility index (Phi) is 4.61. The molecule has 0 N–H and O–H groups in total. The Hall–Kier alpha value is -1.95. The maximum Gasteiger partial charge on any atom is 0.196 e. The number of carbonyl (C=O) groups is 1. The Morgan fingerprint density at radius 3 is 2.61 bits per heavy atom. The van der Waals surface area contributed by atoms with Gasteiger partial charge < -0.3 is 4.74 Å². The Balaban J connectivity index is 2.17. The summed E-state index contributed by atoms with van der Waals surface area (Å²) >= 11 is 1.86. The molecular weight excluding hydrogens is 401 g/mol. The normalized spacial score (nSPS) is 15.0. The van der Waals surface area contributed by atoms with Crippen LogP contribution >= 0.6 is 22.6 Å². The van der Waals surface area contributed by atoms with Crippen LogP contribution in [-0.4, -0.2) is 15.9 Å². The summed E-state index contributed by atoms with van der Waals surface area (Å²) in [7, 11) is 1.66. The lowest BCUT2D eigenvalue weighted by Gasteiger charge is -2.07. The van der Waals surface area contributed by atoms with E-state index in [2.05, 4.69) is 24.1 Å².